The largest absolute Gasteiger partial charge is 0.383 e. The van der Waals surface area contributed by atoms with Crippen LogP contribution in [0.1, 0.15) is 5.56 Å². The van der Waals surface area contributed by atoms with Gasteiger partial charge in [-0.1, -0.05) is 18.2 Å². The number of nitrogens with one attached hydrogen (secondary N) is 2. The molecule has 0 aliphatic carbocycles. The normalized spacial score (nSPS) is 14.8. The Morgan fingerprint density at radius 3 is 2.47 bits per heavy atom. The number of piperazine rings is 1. The van der Waals surface area contributed by atoms with Crippen molar-refractivity contribution in [3.05, 3.63) is 54.2 Å². The molecule has 0 spiro atoms. The van der Waals surface area contributed by atoms with E-state index < -0.39 is 0 Å². The Morgan fingerprint density at radius 1 is 1.03 bits per heavy atom. The monoisotopic (exact) mass is 457 g/mol. The average Bonchev–Trinajstić information content (AvgIpc) is 2.80. The first-order valence-electron chi connectivity index (χ1n) is 10.8. The lowest BCUT2D eigenvalue weighted by atomic mass is 10.2. The summed E-state index contributed by atoms with van der Waals surface area (Å²) in [6, 6.07) is 13.8. The summed E-state index contributed by atoms with van der Waals surface area (Å²) in [6.07, 6.45) is 1.79. The molecule has 2 N–H and O–H groups in total. The molecule has 0 bridgehead atoms. The van der Waals surface area contributed by atoms with Crippen LogP contribution < -0.4 is 10.6 Å². The Morgan fingerprint density at radius 2 is 1.78 bits per heavy atom. The van der Waals surface area contributed by atoms with E-state index in [4.69, 9.17) is 4.74 Å². The van der Waals surface area contributed by atoms with Crippen LogP contribution in [0.5, 0.6) is 0 Å². The van der Waals surface area contributed by atoms with Gasteiger partial charge in [0.25, 0.3) is 0 Å². The van der Waals surface area contributed by atoms with Crippen LogP contribution in [-0.4, -0.2) is 86.1 Å². The number of benzene rings is 1. The lowest BCUT2D eigenvalue weighted by molar-refractivity contribution is -0.123. The van der Waals surface area contributed by atoms with Crippen molar-refractivity contribution in [3.63, 3.8) is 0 Å². The van der Waals surface area contributed by atoms with Crippen LogP contribution >= 0.6 is 11.8 Å². The fourth-order valence-corrected chi connectivity index (χ4v) is 4.19. The quantitative estimate of drug-likeness (QED) is 0.392. The van der Waals surface area contributed by atoms with E-state index in [0.29, 0.717) is 26.2 Å². The van der Waals surface area contributed by atoms with E-state index in [0.717, 1.165) is 48.2 Å². The third-order valence-corrected chi connectivity index (χ3v) is 6.08. The summed E-state index contributed by atoms with van der Waals surface area (Å²) < 4.78 is 4.94. The Hall–Kier alpha value is -2.46. The van der Waals surface area contributed by atoms with Crippen molar-refractivity contribution in [3.8, 4) is 0 Å². The zero-order chi connectivity index (χ0) is 22.6. The topological polar surface area (TPSA) is 86.8 Å². The molecule has 2 heterocycles. The fourth-order valence-electron chi connectivity index (χ4n) is 3.39. The number of aromatic nitrogens is 1. The van der Waals surface area contributed by atoms with Gasteiger partial charge in [-0.3, -0.25) is 19.4 Å². The minimum Gasteiger partial charge on any atom is -0.383 e. The molecule has 1 fully saturated rings. The maximum Gasteiger partial charge on any atom is 0.238 e. The molecule has 172 valence electrons. The highest BCUT2D eigenvalue weighted by Crippen LogP contribution is 2.22. The zero-order valence-corrected chi connectivity index (χ0v) is 19.3. The van der Waals surface area contributed by atoms with Crippen LogP contribution in [0.25, 0.3) is 0 Å². The van der Waals surface area contributed by atoms with Crippen LogP contribution in [0.2, 0.25) is 0 Å². The van der Waals surface area contributed by atoms with Gasteiger partial charge in [-0.25, -0.2) is 4.98 Å². The summed E-state index contributed by atoms with van der Waals surface area (Å²) in [7, 11) is 1.61. The predicted molar refractivity (Wildman–Crippen MR) is 127 cm³/mol. The Balaban J connectivity index is 1.37. The van der Waals surface area contributed by atoms with E-state index in [1.807, 2.05) is 36.4 Å². The van der Waals surface area contributed by atoms with Crippen LogP contribution in [-0.2, 0) is 20.1 Å². The Labute approximate surface area is 193 Å². The first-order valence-corrected chi connectivity index (χ1v) is 11.7. The smallest absolute Gasteiger partial charge is 0.238 e. The number of anilines is 1. The minimum atomic E-state index is -0.0229. The highest BCUT2D eigenvalue weighted by atomic mass is 32.2. The number of thioether (sulfide) groups is 1. The van der Waals surface area contributed by atoms with E-state index in [1.165, 1.54) is 0 Å². The average molecular weight is 458 g/mol. The SMILES string of the molecule is COCCNC(=O)CN1CCN(CC(=O)Nc2cccc(CSc3ccccn3)c2)CC1. The number of amides is 2. The summed E-state index contributed by atoms with van der Waals surface area (Å²) in [5.74, 6) is 0.779. The van der Waals surface area contributed by atoms with Gasteiger partial charge in [0.15, 0.2) is 0 Å². The zero-order valence-electron chi connectivity index (χ0n) is 18.5. The molecular weight excluding hydrogens is 426 g/mol. The van der Waals surface area contributed by atoms with Crippen molar-refractivity contribution in [2.75, 3.05) is 64.8 Å². The molecule has 1 aromatic carbocycles. The molecule has 2 amide bonds. The van der Waals surface area contributed by atoms with Gasteiger partial charge in [-0.2, -0.15) is 0 Å². The number of rotatable bonds is 11. The standard InChI is InChI=1S/C23H31N5O3S/c1-31-14-9-24-21(29)16-27-10-12-28(13-11-27)17-22(30)26-20-6-4-5-19(15-20)18-32-23-7-2-3-8-25-23/h2-8,15H,9-14,16-18H2,1H3,(H,24,29)(H,26,30). The van der Waals surface area contributed by atoms with Gasteiger partial charge in [0.05, 0.1) is 24.7 Å². The molecular formula is C23H31N5O3S. The lowest BCUT2D eigenvalue weighted by Crippen LogP contribution is -2.51. The number of pyridine rings is 1. The molecule has 1 saturated heterocycles. The number of hydrogen-bond acceptors (Lipinski definition) is 7. The third kappa shape index (κ3) is 8.58. The highest BCUT2D eigenvalue weighted by Gasteiger charge is 2.20. The summed E-state index contributed by atoms with van der Waals surface area (Å²) in [5, 5.41) is 6.82. The van der Waals surface area contributed by atoms with E-state index >= 15 is 0 Å². The number of methoxy groups -OCH3 is 1. The van der Waals surface area contributed by atoms with E-state index in [9.17, 15) is 9.59 Å². The van der Waals surface area contributed by atoms with Crippen molar-refractivity contribution in [2.24, 2.45) is 0 Å². The molecule has 2 aromatic rings. The van der Waals surface area contributed by atoms with Crippen molar-refractivity contribution < 1.29 is 14.3 Å². The second kappa shape index (κ2) is 13.2. The van der Waals surface area contributed by atoms with Gasteiger partial charge >= 0.3 is 0 Å². The second-order valence-electron chi connectivity index (χ2n) is 7.60. The van der Waals surface area contributed by atoms with Gasteiger partial charge in [0.1, 0.15) is 0 Å². The molecule has 32 heavy (non-hydrogen) atoms. The number of carbonyl (C=O) groups excluding carboxylic acids is 2. The van der Waals surface area contributed by atoms with Gasteiger partial charge in [-0.15, -0.1) is 11.8 Å². The number of ether oxygens (including phenoxy) is 1. The predicted octanol–water partition coefficient (Wildman–Crippen LogP) is 1.69. The third-order valence-electron chi connectivity index (χ3n) is 5.06. The van der Waals surface area contributed by atoms with E-state index in [1.54, 1.807) is 25.1 Å². The molecule has 0 radical (unpaired) electrons. The maximum atomic E-state index is 12.5. The van der Waals surface area contributed by atoms with Crippen LogP contribution in [0.3, 0.4) is 0 Å². The summed E-state index contributed by atoms with van der Waals surface area (Å²) >= 11 is 1.67. The maximum absolute atomic E-state index is 12.5. The first-order chi connectivity index (χ1) is 15.6. The van der Waals surface area contributed by atoms with Crippen molar-refractivity contribution in [2.45, 2.75) is 10.8 Å². The molecule has 0 saturated carbocycles. The molecule has 1 aliphatic rings. The molecule has 9 heteroatoms. The van der Waals surface area contributed by atoms with Gasteiger partial charge in [0.2, 0.25) is 11.8 Å². The molecule has 8 nitrogen and oxygen atoms in total. The molecule has 0 unspecified atom stereocenters. The molecule has 1 aromatic heterocycles. The summed E-state index contributed by atoms with van der Waals surface area (Å²) in [4.78, 5) is 33.0. The van der Waals surface area contributed by atoms with Gasteiger partial charge in [-0.05, 0) is 29.8 Å². The number of nitrogens with zero attached hydrogens (tertiary/aromatic N) is 3. The lowest BCUT2D eigenvalue weighted by Gasteiger charge is -2.33. The van der Waals surface area contributed by atoms with Gasteiger partial charge in [0, 0.05) is 57.5 Å². The summed E-state index contributed by atoms with van der Waals surface area (Å²) in [5.41, 5.74) is 1.94. The first kappa shape index (κ1) is 24.2. The Bertz CT molecular complexity index is 860. The molecule has 1 aliphatic heterocycles. The van der Waals surface area contributed by atoms with E-state index in [2.05, 4.69) is 31.5 Å². The number of hydrogen-bond donors (Lipinski definition) is 2. The van der Waals surface area contributed by atoms with E-state index in [-0.39, 0.29) is 11.8 Å². The molecule has 0 atom stereocenters. The summed E-state index contributed by atoms with van der Waals surface area (Å²) in [6.45, 7) is 4.84. The highest BCUT2D eigenvalue weighted by molar-refractivity contribution is 7.98. The van der Waals surface area contributed by atoms with Crippen LogP contribution in [0.15, 0.2) is 53.7 Å². The van der Waals surface area contributed by atoms with Crippen molar-refractivity contribution in [1.29, 1.82) is 0 Å². The molecule has 3 rings (SSSR count). The fraction of sp³-hybridized carbons (Fsp3) is 0.435. The van der Waals surface area contributed by atoms with Crippen LogP contribution in [0.4, 0.5) is 5.69 Å². The van der Waals surface area contributed by atoms with Crippen molar-refractivity contribution in [1.82, 2.24) is 20.1 Å². The second-order valence-corrected chi connectivity index (χ2v) is 8.60. The minimum absolute atomic E-state index is 0.00864. The van der Waals surface area contributed by atoms with Crippen molar-refractivity contribution >= 4 is 29.3 Å². The number of carbonyl (C=O) groups is 2. The Kier molecular flexibility index (Phi) is 9.96. The van der Waals surface area contributed by atoms with Crippen LogP contribution in [0, 0.1) is 0 Å². The van der Waals surface area contributed by atoms with Gasteiger partial charge < -0.3 is 15.4 Å².